The van der Waals surface area contributed by atoms with E-state index in [-0.39, 0.29) is 17.9 Å². The summed E-state index contributed by atoms with van der Waals surface area (Å²) < 4.78 is 0. The molecule has 0 spiro atoms. The van der Waals surface area contributed by atoms with Gasteiger partial charge in [-0.15, -0.1) is 0 Å². The Morgan fingerprint density at radius 2 is 1.89 bits per heavy atom. The molecule has 7 nitrogen and oxygen atoms in total. The Balaban J connectivity index is 1.37. The zero-order chi connectivity index (χ0) is 18.9. The van der Waals surface area contributed by atoms with Crippen molar-refractivity contribution in [2.75, 3.05) is 57.7 Å². The molecule has 1 unspecified atom stereocenters. The summed E-state index contributed by atoms with van der Waals surface area (Å²) in [6, 6.07) is 9.30. The Morgan fingerprint density at radius 1 is 1.11 bits per heavy atom. The minimum atomic E-state index is -0.127. The number of carbonyl (C=O) groups is 2. The topological polar surface area (TPSA) is 76.7 Å². The van der Waals surface area contributed by atoms with Crippen molar-refractivity contribution < 1.29 is 9.59 Å². The molecule has 0 radical (unpaired) electrons. The predicted octanol–water partition coefficient (Wildman–Crippen LogP) is 1.34. The summed E-state index contributed by atoms with van der Waals surface area (Å²) in [6.07, 6.45) is 2.68. The lowest BCUT2D eigenvalue weighted by atomic mass is 9.97. The van der Waals surface area contributed by atoms with Gasteiger partial charge in [0.15, 0.2) is 0 Å². The van der Waals surface area contributed by atoms with E-state index < -0.39 is 0 Å². The fraction of sp³-hybridized carbons (Fsp3) is 0.600. The van der Waals surface area contributed by atoms with E-state index in [1.54, 1.807) is 4.90 Å². The lowest BCUT2D eigenvalue weighted by Crippen LogP contribution is -2.47. The summed E-state index contributed by atoms with van der Waals surface area (Å²) in [6.45, 7) is 7.19. The van der Waals surface area contributed by atoms with Gasteiger partial charge >= 0.3 is 6.03 Å². The first-order valence-corrected chi connectivity index (χ1v) is 10.0. The van der Waals surface area contributed by atoms with E-state index in [2.05, 4.69) is 20.9 Å². The highest BCUT2D eigenvalue weighted by atomic mass is 16.2. The molecule has 2 fully saturated rings. The van der Waals surface area contributed by atoms with E-state index in [0.29, 0.717) is 19.6 Å². The second-order valence-electron chi connectivity index (χ2n) is 7.32. The van der Waals surface area contributed by atoms with E-state index in [0.717, 1.165) is 57.7 Å². The van der Waals surface area contributed by atoms with Crippen LogP contribution in [-0.2, 0) is 4.79 Å². The monoisotopic (exact) mass is 373 g/mol. The summed E-state index contributed by atoms with van der Waals surface area (Å²) in [5.74, 6) is -0.0352. The van der Waals surface area contributed by atoms with Gasteiger partial charge < -0.3 is 25.8 Å². The van der Waals surface area contributed by atoms with Crippen LogP contribution < -0.4 is 16.0 Å². The molecule has 0 bridgehead atoms. The third-order valence-corrected chi connectivity index (χ3v) is 5.26. The van der Waals surface area contributed by atoms with Crippen LogP contribution in [0.4, 0.5) is 10.5 Å². The normalized spacial score (nSPS) is 20.9. The standard InChI is InChI=1S/C20H31N5O2/c26-19(22-9-5-12-24-14-10-21-11-15-24)17-6-4-13-25(16-17)20(27)23-18-7-2-1-3-8-18/h1-3,7-8,17,21H,4-6,9-16H2,(H,22,26)(H,23,27). The summed E-state index contributed by atoms with van der Waals surface area (Å²) in [7, 11) is 0. The van der Waals surface area contributed by atoms with Crippen LogP contribution in [0.1, 0.15) is 19.3 Å². The van der Waals surface area contributed by atoms with E-state index in [1.165, 1.54) is 0 Å². The van der Waals surface area contributed by atoms with Crippen LogP contribution in [0.15, 0.2) is 30.3 Å². The van der Waals surface area contributed by atoms with Crippen LogP contribution in [-0.4, -0.2) is 74.1 Å². The van der Waals surface area contributed by atoms with E-state index in [1.807, 2.05) is 30.3 Å². The average Bonchev–Trinajstić information content (AvgIpc) is 2.72. The molecule has 0 aromatic heterocycles. The number of para-hydroxylation sites is 1. The number of rotatable bonds is 6. The zero-order valence-electron chi connectivity index (χ0n) is 16.0. The Labute approximate surface area is 161 Å². The maximum absolute atomic E-state index is 12.5. The van der Waals surface area contributed by atoms with E-state index in [9.17, 15) is 9.59 Å². The molecule has 3 N–H and O–H groups in total. The molecule has 1 atom stereocenters. The van der Waals surface area contributed by atoms with Gasteiger partial charge in [-0.25, -0.2) is 4.79 Å². The number of piperazine rings is 1. The molecule has 2 saturated heterocycles. The smallest absolute Gasteiger partial charge is 0.321 e. The maximum Gasteiger partial charge on any atom is 0.321 e. The molecule has 3 rings (SSSR count). The molecule has 27 heavy (non-hydrogen) atoms. The Kier molecular flexibility index (Phi) is 7.47. The Morgan fingerprint density at radius 3 is 2.67 bits per heavy atom. The Hall–Kier alpha value is -2.12. The van der Waals surface area contributed by atoms with Crippen molar-refractivity contribution in [3.05, 3.63) is 30.3 Å². The number of carbonyl (C=O) groups excluding carboxylic acids is 2. The quantitative estimate of drug-likeness (QED) is 0.658. The van der Waals surface area contributed by atoms with Crippen molar-refractivity contribution in [1.29, 1.82) is 0 Å². The number of amides is 3. The number of piperidine rings is 1. The van der Waals surface area contributed by atoms with Gasteiger partial charge in [-0.2, -0.15) is 0 Å². The van der Waals surface area contributed by atoms with Crippen LogP contribution >= 0.6 is 0 Å². The highest BCUT2D eigenvalue weighted by molar-refractivity contribution is 5.90. The number of nitrogens with one attached hydrogen (secondary N) is 3. The molecule has 0 aliphatic carbocycles. The number of anilines is 1. The molecular weight excluding hydrogens is 342 g/mol. The lowest BCUT2D eigenvalue weighted by Gasteiger charge is -2.32. The largest absolute Gasteiger partial charge is 0.356 e. The second kappa shape index (κ2) is 10.3. The molecule has 2 aliphatic heterocycles. The SMILES string of the molecule is O=C(NCCCN1CCNCC1)C1CCCN(C(=O)Nc2ccccc2)C1. The average molecular weight is 374 g/mol. The molecular formula is C20H31N5O2. The molecule has 2 heterocycles. The highest BCUT2D eigenvalue weighted by Gasteiger charge is 2.28. The van der Waals surface area contributed by atoms with Gasteiger partial charge in [0, 0.05) is 51.5 Å². The molecule has 2 aliphatic rings. The van der Waals surface area contributed by atoms with Crippen molar-refractivity contribution >= 4 is 17.6 Å². The van der Waals surface area contributed by atoms with Gasteiger partial charge in [-0.05, 0) is 37.9 Å². The third kappa shape index (κ3) is 6.22. The predicted molar refractivity (Wildman–Crippen MR) is 107 cm³/mol. The van der Waals surface area contributed by atoms with Crippen molar-refractivity contribution in [2.45, 2.75) is 19.3 Å². The summed E-state index contributed by atoms with van der Waals surface area (Å²) >= 11 is 0. The first-order chi connectivity index (χ1) is 13.2. The molecule has 1 aromatic carbocycles. The fourth-order valence-corrected chi connectivity index (χ4v) is 3.69. The molecule has 3 amide bonds. The van der Waals surface area contributed by atoms with Gasteiger partial charge in [0.25, 0.3) is 0 Å². The summed E-state index contributed by atoms with van der Waals surface area (Å²) in [5, 5.41) is 9.31. The first-order valence-electron chi connectivity index (χ1n) is 10.0. The van der Waals surface area contributed by atoms with Crippen molar-refractivity contribution in [2.24, 2.45) is 5.92 Å². The lowest BCUT2D eigenvalue weighted by molar-refractivity contribution is -0.126. The van der Waals surface area contributed by atoms with Crippen LogP contribution in [0, 0.1) is 5.92 Å². The Bertz CT molecular complexity index is 604. The van der Waals surface area contributed by atoms with Gasteiger partial charge in [0.2, 0.25) is 5.91 Å². The van der Waals surface area contributed by atoms with Crippen LogP contribution in [0.25, 0.3) is 0 Å². The summed E-state index contributed by atoms with van der Waals surface area (Å²) in [4.78, 5) is 29.1. The van der Waals surface area contributed by atoms with Crippen LogP contribution in [0.5, 0.6) is 0 Å². The van der Waals surface area contributed by atoms with Gasteiger partial charge in [0.05, 0.1) is 5.92 Å². The van der Waals surface area contributed by atoms with E-state index >= 15 is 0 Å². The summed E-state index contributed by atoms with van der Waals surface area (Å²) in [5.41, 5.74) is 0.780. The molecule has 1 aromatic rings. The van der Waals surface area contributed by atoms with Crippen molar-refractivity contribution in [3.8, 4) is 0 Å². The number of hydrogen-bond acceptors (Lipinski definition) is 4. The number of urea groups is 1. The molecule has 148 valence electrons. The molecule has 7 heteroatoms. The second-order valence-corrected chi connectivity index (χ2v) is 7.32. The zero-order valence-corrected chi connectivity index (χ0v) is 16.0. The van der Waals surface area contributed by atoms with Crippen LogP contribution in [0.2, 0.25) is 0 Å². The van der Waals surface area contributed by atoms with Gasteiger partial charge in [0.1, 0.15) is 0 Å². The third-order valence-electron chi connectivity index (χ3n) is 5.26. The first kappa shape index (κ1) is 19.6. The number of hydrogen-bond donors (Lipinski definition) is 3. The maximum atomic E-state index is 12.5. The van der Waals surface area contributed by atoms with Crippen molar-refractivity contribution in [3.63, 3.8) is 0 Å². The van der Waals surface area contributed by atoms with Crippen LogP contribution in [0.3, 0.4) is 0 Å². The van der Waals surface area contributed by atoms with Gasteiger partial charge in [-0.3, -0.25) is 4.79 Å². The van der Waals surface area contributed by atoms with E-state index in [4.69, 9.17) is 0 Å². The number of benzene rings is 1. The highest BCUT2D eigenvalue weighted by Crippen LogP contribution is 2.18. The minimum absolute atomic E-state index is 0.0764. The molecule has 0 saturated carbocycles. The minimum Gasteiger partial charge on any atom is -0.356 e. The number of likely N-dealkylation sites (tertiary alicyclic amines) is 1. The van der Waals surface area contributed by atoms with Gasteiger partial charge in [-0.1, -0.05) is 18.2 Å². The van der Waals surface area contributed by atoms with Crippen molar-refractivity contribution in [1.82, 2.24) is 20.4 Å². The fourth-order valence-electron chi connectivity index (χ4n) is 3.69. The number of nitrogens with zero attached hydrogens (tertiary/aromatic N) is 2.